The Balaban J connectivity index is 2.82. The Labute approximate surface area is 128 Å². The Morgan fingerprint density at radius 2 is 1.71 bits per heavy atom. The lowest BCUT2D eigenvalue weighted by molar-refractivity contribution is -0.136. The number of hydrogen-bond donors (Lipinski definition) is 2. The minimum absolute atomic E-state index is 0.0161. The molecule has 1 rings (SSSR count). The molecule has 0 aliphatic heterocycles. The predicted molar refractivity (Wildman–Crippen MR) is 84.7 cm³/mol. The maximum atomic E-state index is 12.2. The van der Waals surface area contributed by atoms with Crippen LogP contribution in [0.25, 0.3) is 0 Å². The van der Waals surface area contributed by atoms with E-state index in [1.54, 1.807) is 6.92 Å². The molecule has 0 radical (unpaired) electrons. The van der Waals surface area contributed by atoms with Crippen LogP contribution >= 0.6 is 0 Å². The number of nitrogens with one attached hydrogen (secondary N) is 1. The van der Waals surface area contributed by atoms with Crippen LogP contribution in [0.15, 0.2) is 0 Å². The minimum Gasteiger partial charge on any atom is -0.350 e. The van der Waals surface area contributed by atoms with Gasteiger partial charge in [0.2, 0.25) is 11.8 Å². The zero-order valence-electron chi connectivity index (χ0n) is 14.1. The molecule has 122 valence electrons. The fourth-order valence-corrected chi connectivity index (χ4v) is 3.17. The molecule has 1 aliphatic rings. The lowest BCUT2D eigenvalue weighted by Crippen LogP contribution is -2.59. The highest BCUT2D eigenvalue weighted by Crippen LogP contribution is 2.25. The van der Waals surface area contributed by atoms with Crippen LogP contribution in [0.3, 0.4) is 0 Å². The van der Waals surface area contributed by atoms with Gasteiger partial charge in [-0.25, -0.2) is 0 Å². The summed E-state index contributed by atoms with van der Waals surface area (Å²) >= 11 is 0. The Morgan fingerprint density at radius 1 is 1.14 bits per heavy atom. The Hall–Kier alpha value is -1.10. The molecular weight excluding hydrogens is 266 g/mol. The summed E-state index contributed by atoms with van der Waals surface area (Å²) in [6, 6.07) is -0.247. The summed E-state index contributed by atoms with van der Waals surface area (Å²) in [5.41, 5.74) is 5.93. The van der Waals surface area contributed by atoms with Crippen LogP contribution in [0, 0.1) is 5.92 Å². The van der Waals surface area contributed by atoms with Gasteiger partial charge in [-0.15, -0.1) is 0 Å². The molecule has 0 aromatic carbocycles. The van der Waals surface area contributed by atoms with Gasteiger partial charge >= 0.3 is 0 Å². The molecule has 0 spiro atoms. The van der Waals surface area contributed by atoms with Crippen molar-refractivity contribution in [3.63, 3.8) is 0 Å². The molecule has 0 aromatic rings. The van der Waals surface area contributed by atoms with Gasteiger partial charge < -0.3 is 16.0 Å². The third-order valence-electron chi connectivity index (χ3n) is 4.36. The van der Waals surface area contributed by atoms with Crippen LogP contribution in [0.5, 0.6) is 0 Å². The van der Waals surface area contributed by atoms with Crippen LogP contribution in [0.2, 0.25) is 0 Å². The molecule has 2 amide bonds. The maximum Gasteiger partial charge on any atom is 0.237 e. The molecule has 0 heterocycles. The first kappa shape index (κ1) is 18.0. The summed E-state index contributed by atoms with van der Waals surface area (Å²) < 4.78 is 0. The normalized spacial score (nSPS) is 24.0. The van der Waals surface area contributed by atoms with Gasteiger partial charge in [0, 0.05) is 19.0 Å². The molecule has 5 heteroatoms. The quantitative estimate of drug-likeness (QED) is 0.810. The van der Waals surface area contributed by atoms with Crippen LogP contribution in [-0.2, 0) is 9.59 Å². The Morgan fingerprint density at radius 3 is 2.19 bits per heavy atom. The second-order valence-corrected chi connectivity index (χ2v) is 6.76. The van der Waals surface area contributed by atoms with Crippen molar-refractivity contribution in [2.75, 3.05) is 0 Å². The molecule has 0 saturated heterocycles. The molecule has 1 aliphatic carbocycles. The Kier molecular flexibility index (Phi) is 6.65. The first-order chi connectivity index (χ1) is 9.75. The third-order valence-corrected chi connectivity index (χ3v) is 4.36. The highest BCUT2D eigenvalue weighted by Gasteiger charge is 2.34. The van der Waals surface area contributed by atoms with Gasteiger partial charge in [0.05, 0.1) is 12.1 Å². The van der Waals surface area contributed by atoms with Crippen molar-refractivity contribution in [2.45, 2.75) is 84.5 Å². The molecule has 21 heavy (non-hydrogen) atoms. The highest BCUT2D eigenvalue weighted by atomic mass is 16.2. The fraction of sp³-hybridized carbons (Fsp3) is 0.875. The van der Waals surface area contributed by atoms with Gasteiger partial charge in [-0.2, -0.15) is 0 Å². The van der Waals surface area contributed by atoms with Gasteiger partial charge in [-0.05, 0) is 32.6 Å². The molecule has 0 bridgehead atoms. The summed E-state index contributed by atoms with van der Waals surface area (Å²) in [6.07, 6.45) is 4.04. The van der Waals surface area contributed by atoms with Gasteiger partial charge in [-0.3, -0.25) is 9.59 Å². The van der Waals surface area contributed by atoms with E-state index in [4.69, 9.17) is 5.73 Å². The summed E-state index contributed by atoms with van der Waals surface area (Å²) in [5, 5.41) is 3.08. The molecule has 5 nitrogen and oxygen atoms in total. The van der Waals surface area contributed by atoms with Gasteiger partial charge in [-0.1, -0.05) is 26.7 Å². The molecule has 1 fully saturated rings. The number of carbonyl (C=O) groups excluding carboxylic acids is 2. The maximum absolute atomic E-state index is 12.2. The summed E-state index contributed by atoms with van der Waals surface area (Å²) in [7, 11) is 0. The van der Waals surface area contributed by atoms with Crippen LogP contribution in [0.1, 0.15) is 60.3 Å². The summed E-state index contributed by atoms with van der Waals surface area (Å²) in [6.45, 7) is 9.54. The largest absolute Gasteiger partial charge is 0.350 e. The fourth-order valence-electron chi connectivity index (χ4n) is 3.17. The van der Waals surface area contributed by atoms with Crippen molar-refractivity contribution in [2.24, 2.45) is 11.7 Å². The molecule has 0 unspecified atom stereocenters. The van der Waals surface area contributed by atoms with Crippen molar-refractivity contribution >= 4 is 11.8 Å². The minimum atomic E-state index is -0.489. The first-order valence-electron chi connectivity index (χ1n) is 8.10. The molecule has 3 N–H and O–H groups in total. The monoisotopic (exact) mass is 297 g/mol. The predicted octanol–water partition coefficient (Wildman–Crippen LogP) is 1.65. The van der Waals surface area contributed by atoms with E-state index in [1.165, 1.54) is 0 Å². The standard InChI is InChI=1S/C16H31N3O2/c1-10(2)15(17)16(21)18-13-8-6-7-9-14(13)19(11(3)4)12(5)20/h10-11,13-15H,6-9,17H2,1-5H3,(H,18,21)/t13-,14-,15-/m0/s1. The number of nitrogens with two attached hydrogens (primary N) is 1. The molecule has 0 aromatic heterocycles. The van der Waals surface area contributed by atoms with E-state index in [2.05, 4.69) is 5.32 Å². The average Bonchev–Trinajstić information content (AvgIpc) is 2.38. The van der Waals surface area contributed by atoms with E-state index < -0.39 is 6.04 Å². The Bertz CT molecular complexity index is 369. The summed E-state index contributed by atoms with van der Waals surface area (Å²) in [5.74, 6) is 0.0829. The van der Waals surface area contributed by atoms with E-state index in [-0.39, 0.29) is 35.9 Å². The van der Waals surface area contributed by atoms with E-state index in [0.717, 1.165) is 25.7 Å². The lowest BCUT2D eigenvalue weighted by atomic mass is 9.88. The van der Waals surface area contributed by atoms with Crippen LogP contribution in [0.4, 0.5) is 0 Å². The zero-order chi connectivity index (χ0) is 16.2. The van der Waals surface area contributed by atoms with E-state index in [0.29, 0.717) is 0 Å². The van der Waals surface area contributed by atoms with Gasteiger partial charge in [0.15, 0.2) is 0 Å². The van der Waals surface area contributed by atoms with Gasteiger partial charge in [0.1, 0.15) is 0 Å². The van der Waals surface area contributed by atoms with E-state index in [9.17, 15) is 9.59 Å². The lowest BCUT2D eigenvalue weighted by Gasteiger charge is -2.42. The van der Waals surface area contributed by atoms with Crippen molar-refractivity contribution in [3.05, 3.63) is 0 Å². The van der Waals surface area contributed by atoms with Gasteiger partial charge in [0.25, 0.3) is 0 Å². The molecule has 3 atom stereocenters. The van der Waals surface area contributed by atoms with E-state index in [1.807, 2.05) is 32.6 Å². The SMILES string of the molecule is CC(=O)N(C(C)C)[C@H]1CCCC[C@@H]1NC(=O)[C@@H](N)C(C)C. The zero-order valence-corrected chi connectivity index (χ0v) is 14.1. The first-order valence-corrected chi connectivity index (χ1v) is 8.10. The van der Waals surface area contributed by atoms with Crippen molar-refractivity contribution in [1.29, 1.82) is 0 Å². The molecular formula is C16H31N3O2. The topological polar surface area (TPSA) is 75.4 Å². The number of nitrogens with zero attached hydrogens (tertiary/aromatic N) is 1. The van der Waals surface area contributed by atoms with Crippen molar-refractivity contribution < 1.29 is 9.59 Å². The molecule has 1 saturated carbocycles. The average molecular weight is 297 g/mol. The van der Waals surface area contributed by atoms with Crippen molar-refractivity contribution in [3.8, 4) is 0 Å². The second-order valence-electron chi connectivity index (χ2n) is 6.76. The number of carbonyl (C=O) groups is 2. The van der Waals surface area contributed by atoms with E-state index >= 15 is 0 Å². The number of amides is 2. The number of rotatable bonds is 5. The second kappa shape index (κ2) is 7.78. The van der Waals surface area contributed by atoms with Crippen LogP contribution < -0.4 is 11.1 Å². The van der Waals surface area contributed by atoms with Crippen LogP contribution in [-0.4, -0.2) is 40.9 Å². The number of hydrogen-bond acceptors (Lipinski definition) is 3. The third kappa shape index (κ3) is 4.70. The highest BCUT2D eigenvalue weighted by molar-refractivity contribution is 5.82. The van der Waals surface area contributed by atoms with Crippen molar-refractivity contribution in [1.82, 2.24) is 10.2 Å². The smallest absolute Gasteiger partial charge is 0.237 e. The summed E-state index contributed by atoms with van der Waals surface area (Å²) in [4.78, 5) is 26.1.